The molecule has 0 fully saturated rings. The second kappa shape index (κ2) is 20.0. The van der Waals surface area contributed by atoms with E-state index in [1.165, 1.54) is 47.9 Å². The average Bonchev–Trinajstić information content (AvgIpc) is 3.31. The third-order valence-electron chi connectivity index (χ3n) is 7.05. The lowest BCUT2D eigenvalue weighted by Gasteiger charge is -2.14. The van der Waals surface area contributed by atoms with Gasteiger partial charge >= 0.3 is 12.1 Å². The number of carbonyl (C=O) groups is 2. The van der Waals surface area contributed by atoms with Gasteiger partial charge < -0.3 is 29.0 Å². The number of alkyl carbamates (subject to hydrolysis) is 1. The molecule has 1 aliphatic rings. The van der Waals surface area contributed by atoms with Crippen LogP contribution in [0.25, 0.3) is 11.1 Å². The van der Waals surface area contributed by atoms with Crippen molar-refractivity contribution in [1.29, 1.82) is 0 Å². The van der Waals surface area contributed by atoms with Crippen LogP contribution in [0.3, 0.4) is 0 Å². The Kier molecular flexibility index (Phi) is 15.9. The first kappa shape index (κ1) is 32.6. The average molecular weight is 570 g/mol. The minimum absolute atomic E-state index is 0.0548. The summed E-state index contributed by atoms with van der Waals surface area (Å²) in [5.41, 5.74) is 4.82. The number of unbranched alkanes of at least 4 members (excludes halogenated alkanes) is 5. The van der Waals surface area contributed by atoms with E-state index in [9.17, 15) is 9.59 Å². The van der Waals surface area contributed by atoms with Gasteiger partial charge in [-0.2, -0.15) is 0 Å². The Balaban J connectivity index is 1.09. The number of fused-ring (bicyclic) bond motifs is 3. The van der Waals surface area contributed by atoms with Crippen LogP contribution in [0, 0.1) is 0 Å². The highest BCUT2D eigenvalue weighted by Gasteiger charge is 2.28. The maximum atomic E-state index is 12.2. The lowest BCUT2D eigenvalue weighted by molar-refractivity contribution is -0.145. The number of amides is 1. The maximum Gasteiger partial charge on any atom is 0.407 e. The minimum atomic E-state index is -0.414. The third-order valence-corrected chi connectivity index (χ3v) is 7.05. The van der Waals surface area contributed by atoms with Crippen LogP contribution in [0.15, 0.2) is 48.5 Å². The largest absolute Gasteiger partial charge is 0.463 e. The van der Waals surface area contributed by atoms with Gasteiger partial charge in [-0.1, -0.05) is 87.6 Å². The molecule has 1 amide bonds. The molecule has 0 radical (unpaired) electrons. The molecule has 8 nitrogen and oxygen atoms in total. The van der Waals surface area contributed by atoms with E-state index in [0.717, 1.165) is 12.8 Å². The zero-order valence-corrected chi connectivity index (χ0v) is 24.6. The van der Waals surface area contributed by atoms with Gasteiger partial charge in [0, 0.05) is 25.5 Å². The Morgan fingerprint density at radius 3 is 1.88 bits per heavy atom. The Morgan fingerprint density at radius 1 is 0.659 bits per heavy atom. The summed E-state index contributed by atoms with van der Waals surface area (Å²) in [4.78, 5) is 23.9. The van der Waals surface area contributed by atoms with Gasteiger partial charge in [0.15, 0.2) is 0 Å². The molecule has 0 aromatic heterocycles. The number of hydrogen-bond acceptors (Lipinski definition) is 7. The number of benzene rings is 2. The Labute approximate surface area is 245 Å². The molecule has 0 atom stereocenters. The van der Waals surface area contributed by atoms with E-state index in [1.54, 1.807) is 0 Å². The molecule has 0 bridgehead atoms. The van der Waals surface area contributed by atoms with Gasteiger partial charge in [-0.25, -0.2) is 4.79 Å². The maximum absolute atomic E-state index is 12.2. The Hall–Kier alpha value is -2.94. The molecule has 1 N–H and O–H groups in total. The lowest BCUT2D eigenvalue weighted by atomic mass is 9.98. The summed E-state index contributed by atoms with van der Waals surface area (Å²) in [7, 11) is 0. The van der Waals surface area contributed by atoms with E-state index in [4.69, 9.17) is 23.7 Å². The van der Waals surface area contributed by atoms with E-state index in [2.05, 4.69) is 36.5 Å². The van der Waals surface area contributed by atoms with Crippen molar-refractivity contribution in [2.75, 3.05) is 59.4 Å². The third kappa shape index (κ3) is 12.2. The fraction of sp³-hybridized carbons (Fsp3) is 0.576. The predicted octanol–water partition coefficient (Wildman–Crippen LogP) is 6.26. The summed E-state index contributed by atoms with van der Waals surface area (Å²) >= 11 is 0. The van der Waals surface area contributed by atoms with Crippen LogP contribution in [-0.2, 0) is 28.5 Å². The smallest absolute Gasteiger partial charge is 0.407 e. The van der Waals surface area contributed by atoms with Crippen LogP contribution < -0.4 is 5.32 Å². The summed E-state index contributed by atoms with van der Waals surface area (Å²) in [6.45, 7) is 6.00. The number of esters is 1. The van der Waals surface area contributed by atoms with Crippen LogP contribution in [0.2, 0.25) is 0 Å². The highest BCUT2D eigenvalue weighted by Crippen LogP contribution is 2.44. The second-order valence-corrected chi connectivity index (χ2v) is 10.2. The summed E-state index contributed by atoms with van der Waals surface area (Å²) < 4.78 is 27.2. The van der Waals surface area contributed by atoms with Gasteiger partial charge in [0.1, 0.15) is 13.2 Å². The van der Waals surface area contributed by atoms with E-state index >= 15 is 0 Å². The lowest BCUT2D eigenvalue weighted by Crippen LogP contribution is -2.27. The van der Waals surface area contributed by atoms with Crippen molar-refractivity contribution in [3.8, 4) is 11.1 Å². The first-order chi connectivity index (χ1) is 20.2. The fourth-order valence-corrected chi connectivity index (χ4v) is 4.89. The van der Waals surface area contributed by atoms with E-state index in [1.807, 2.05) is 24.3 Å². The van der Waals surface area contributed by atoms with Crippen molar-refractivity contribution in [3.63, 3.8) is 0 Å². The van der Waals surface area contributed by atoms with Crippen molar-refractivity contribution < 1.29 is 33.3 Å². The molecule has 0 aliphatic heterocycles. The molecule has 1 aliphatic carbocycles. The van der Waals surface area contributed by atoms with Gasteiger partial charge in [-0.15, -0.1) is 0 Å². The summed E-state index contributed by atoms with van der Waals surface area (Å²) in [5, 5.41) is 2.80. The molecule has 41 heavy (non-hydrogen) atoms. The van der Waals surface area contributed by atoms with Gasteiger partial charge in [0.2, 0.25) is 0 Å². The molecule has 3 rings (SSSR count). The highest BCUT2D eigenvalue weighted by molar-refractivity contribution is 5.79. The van der Waals surface area contributed by atoms with Crippen LogP contribution in [0.4, 0.5) is 4.79 Å². The topological polar surface area (TPSA) is 92.3 Å². The van der Waals surface area contributed by atoms with Crippen LogP contribution in [0.1, 0.15) is 75.3 Å². The normalized spacial score (nSPS) is 12.1. The summed E-state index contributed by atoms with van der Waals surface area (Å²) in [5.74, 6) is -0.0925. The van der Waals surface area contributed by atoms with Gasteiger partial charge in [-0.05, 0) is 35.1 Å². The fourth-order valence-electron chi connectivity index (χ4n) is 4.89. The highest BCUT2D eigenvalue weighted by atomic mass is 16.6. The molecular formula is C33H47NO7. The first-order valence-corrected chi connectivity index (χ1v) is 15.2. The van der Waals surface area contributed by atoms with Crippen molar-refractivity contribution in [2.45, 2.75) is 64.2 Å². The molecule has 0 heterocycles. The number of ether oxygens (including phenoxy) is 5. The van der Waals surface area contributed by atoms with Gasteiger partial charge in [0.25, 0.3) is 0 Å². The molecule has 2 aromatic carbocycles. The number of hydrogen-bond donors (Lipinski definition) is 1. The number of carbonyl (C=O) groups excluding carboxylic acids is 2. The quantitative estimate of drug-likeness (QED) is 0.132. The van der Waals surface area contributed by atoms with Crippen LogP contribution in [-0.4, -0.2) is 71.5 Å². The number of nitrogens with one attached hydrogen (secondary N) is 1. The number of rotatable bonds is 22. The Morgan fingerprint density at radius 2 is 1.22 bits per heavy atom. The summed E-state index contributed by atoms with van der Waals surface area (Å²) in [6.07, 6.45) is 7.68. The summed E-state index contributed by atoms with van der Waals surface area (Å²) in [6, 6.07) is 16.6. The van der Waals surface area contributed by atoms with Crippen LogP contribution in [0.5, 0.6) is 0 Å². The van der Waals surface area contributed by atoms with Crippen molar-refractivity contribution in [3.05, 3.63) is 59.7 Å². The van der Waals surface area contributed by atoms with E-state index in [0.29, 0.717) is 65.6 Å². The Bertz CT molecular complexity index is 983. The standard InChI is InChI=1S/C33H47NO7/c1-2-3-4-5-6-7-17-32(35)40-25-24-39-23-22-38-21-20-37-19-12-18-34-33(36)41-26-31-29-15-10-8-13-27(29)28-14-9-11-16-30(28)31/h8-11,13-16,31H,2-7,12,17-26H2,1H3,(H,34,36). The van der Waals surface area contributed by atoms with Crippen molar-refractivity contribution in [1.82, 2.24) is 5.32 Å². The van der Waals surface area contributed by atoms with Gasteiger partial charge in [0.05, 0.1) is 33.0 Å². The monoisotopic (exact) mass is 569 g/mol. The van der Waals surface area contributed by atoms with Crippen molar-refractivity contribution >= 4 is 12.1 Å². The van der Waals surface area contributed by atoms with Gasteiger partial charge in [-0.3, -0.25) is 4.79 Å². The first-order valence-electron chi connectivity index (χ1n) is 15.2. The molecule has 0 saturated heterocycles. The molecule has 8 heteroatoms. The molecule has 0 saturated carbocycles. The van der Waals surface area contributed by atoms with E-state index < -0.39 is 6.09 Å². The molecule has 0 spiro atoms. The second-order valence-electron chi connectivity index (χ2n) is 10.2. The molecule has 2 aromatic rings. The minimum Gasteiger partial charge on any atom is -0.463 e. The SMILES string of the molecule is CCCCCCCCC(=O)OCCOCCOCCOCCCNC(=O)OCC1c2ccccc2-c2ccccc21. The van der Waals surface area contributed by atoms with Crippen LogP contribution >= 0.6 is 0 Å². The van der Waals surface area contributed by atoms with E-state index in [-0.39, 0.29) is 18.5 Å². The molecule has 226 valence electrons. The molecular weight excluding hydrogens is 522 g/mol. The predicted molar refractivity (Wildman–Crippen MR) is 159 cm³/mol. The van der Waals surface area contributed by atoms with Crippen molar-refractivity contribution in [2.24, 2.45) is 0 Å². The molecule has 0 unspecified atom stereocenters. The zero-order chi connectivity index (χ0) is 29.0. The zero-order valence-electron chi connectivity index (χ0n) is 24.6.